The molecule has 0 spiro atoms. The lowest BCUT2D eigenvalue weighted by molar-refractivity contribution is -0.124. The van der Waals surface area contributed by atoms with E-state index in [1.165, 1.54) is 44.2 Å². The highest BCUT2D eigenvalue weighted by atomic mass is 127. The molecule has 224 valence electrons. The van der Waals surface area contributed by atoms with Gasteiger partial charge in [-0.2, -0.15) is 0 Å². The van der Waals surface area contributed by atoms with Gasteiger partial charge in [0.15, 0.2) is 4.05 Å². The lowest BCUT2D eigenvalue weighted by Gasteiger charge is -2.38. The normalized spacial score (nSPS) is 13.7. The van der Waals surface area contributed by atoms with Crippen molar-refractivity contribution in [1.82, 2.24) is 15.5 Å². The molecule has 2 rings (SSSR count). The van der Waals surface area contributed by atoms with Crippen molar-refractivity contribution in [2.24, 2.45) is 5.92 Å². The quantitative estimate of drug-likeness (QED) is 0.0968. The molecule has 4 N–H and O–H groups in total. The van der Waals surface area contributed by atoms with Crippen LogP contribution in [0, 0.1) is 25.6 Å². The van der Waals surface area contributed by atoms with Gasteiger partial charge in [0, 0.05) is 29.3 Å². The Balaban J connectivity index is 2.51. The molecule has 0 aliphatic carbocycles. The molecule has 0 saturated carbocycles. The van der Waals surface area contributed by atoms with E-state index in [9.17, 15) is 33.0 Å². The number of amides is 2. The zero-order chi connectivity index (χ0) is 31.1. The maximum absolute atomic E-state index is 15.0. The van der Waals surface area contributed by atoms with Gasteiger partial charge in [-0.15, -0.1) is 6.58 Å². The number of nitrogens with one attached hydrogen (secondary N) is 2. The number of carbonyl (C=O) groups excluding carboxylic acids is 2. The van der Waals surface area contributed by atoms with Crippen molar-refractivity contribution < 1.29 is 33.0 Å². The summed E-state index contributed by atoms with van der Waals surface area (Å²) >= 11 is 1.69. The van der Waals surface area contributed by atoms with E-state index in [2.05, 4.69) is 23.8 Å². The SMILES string of the molecule is C=CCNC(=O)C(I)N(CC(F)(F)C(C)C)C(=C)C(O)C(Cc1cccc(F)c1)NC(=O)c1cc(C)cc(O)c1C. The topological polar surface area (TPSA) is 102 Å². The van der Waals surface area contributed by atoms with Crippen molar-refractivity contribution in [3.8, 4) is 5.75 Å². The molecule has 2 aromatic carbocycles. The lowest BCUT2D eigenvalue weighted by atomic mass is 9.96. The van der Waals surface area contributed by atoms with E-state index in [-0.39, 0.29) is 30.0 Å². The Hall–Kier alpha value is -3.06. The predicted octanol–water partition coefficient (Wildman–Crippen LogP) is 5.02. The minimum atomic E-state index is -3.26. The Morgan fingerprint density at radius 1 is 1.20 bits per heavy atom. The molecule has 0 fully saturated rings. The minimum Gasteiger partial charge on any atom is -0.508 e. The molecule has 7 nitrogen and oxygen atoms in total. The summed E-state index contributed by atoms with van der Waals surface area (Å²) < 4.78 is 42.8. The van der Waals surface area contributed by atoms with Crippen LogP contribution in [-0.4, -0.2) is 62.1 Å². The predicted molar refractivity (Wildman–Crippen MR) is 162 cm³/mol. The summed E-state index contributed by atoms with van der Waals surface area (Å²) in [6.45, 7) is 12.5. The highest BCUT2D eigenvalue weighted by Crippen LogP contribution is 2.31. The average molecular weight is 688 g/mol. The number of alkyl halides is 3. The van der Waals surface area contributed by atoms with Crippen LogP contribution in [-0.2, 0) is 11.2 Å². The monoisotopic (exact) mass is 687 g/mol. The Labute approximate surface area is 252 Å². The third-order valence-corrected chi connectivity index (χ3v) is 7.90. The van der Waals surface area contributed by atoms with E-state index in [4.69, 9.17) is 0 Å². The van der Waals surface area contributed by atoms with E-state index in [0.717, 1.165) is 4.90 Å². The number of halogens is 4. The molecule has 41 heavy (non-hydrogen) atoms. The third-order valence-electron chi connectivity index (χ3n) is 6.66. The number of hydrogen-bond donors (Lipinski definition) is 4. The molecule has 0 aromatic heterocycles. The number of carbonyl (C=O) groups is 2. The highest BCUT2D eigenvalue weighted by Gasteiger charge is 2.41. The second-order valence-electron chi connectivity index (χ2n) is 10.2. The standard InChI is InChI=1S/C30H37F3IN3O4/c1-7-11-35-29(41)27(34)37(16-30(32,33)17(2)3)20(6)26(39)24(15-21-9-8-10-22(31)14-21)36-28(40)23-12-18(4)13-25(38)19(23)5/h7-10,12-14,17,24,26-27,38-39H,1,6,11,15-16H2,2-5H3,(H,35,41)(H,36,40). The maximum Gasteiger partial charge on any atom is 0.267 e. The van der Waals surface area contributed by atoms with Gasteiger partial charge >= 0.3 is 0 Å². The van der Waals surface area contributed by atoms with Gasteiger partial charge in [-0.3, -0.25) is 9.59 Å². The minimum absolute atomic E-state index is 0.0937. The van der Waals surface area contributed by atoms with Crippen LogP contribution in [0.2, 0.25) is 0 Å². The van der Waals surface area contributed by atoms with Crippen LogP contribution in [0.5, 0.6) is 5.75 Å². The zero-order valence-electron chi connectivity index (χ0n) is 23.6. The number of phenolic OH excluding ortho intramolecular Hbond substituents is 1. The van der Waals surface area contributed by atoms with Gasteiger partial charge in [-0.25, -0.2) is 13.2 Å². The molecule has 3 atom stereocenters. The number of aliphatic hydroxyl groups excluding tert-OH is 1. The average Bonchev–Trinajstić information content (AvgIpc) is 2.90. The molecule has 0 radical (unpaired) electrons. The van der Waals surface area contributed by atoms with E-state index in [1.54, 1.807) is 48.6 Å². The number of benzene rings is 2. The molecule has 0 aliphatic rings. The number of phenols is 1. The summed E-state index contributed by atoms with van der Waals surface area (Å²) in [5.41, 5.74) is 1.24. The fourth-order valence-corrected chi connectivity index (χ4v) is 4.79. The van der Waals surface area contributed by atoms with Crippen molar-refractivity contribution in [1.29, 1.82) is 0 Å². The van der Waals surface area contributed by atoms with Gasteiger partial charge in [-0.05, 0) is 78.3 Å². The fraction of sp³-hybridized carbons (Fsp3) is 0.400. The van der Waals surface area contributed by atoms with Gasteiger partial charge in [-0.1, -0.05) is 38.6 Å². The van der Waals surface area contributed by atoms with Crippen LogP contribution >= 0.6 is 22.6 Å². The Morgan fingerprint density at radius 2 is 1.85 bits per heavy atom. The van der Waals surface area contributed by atoms with Crippen molar-refractivity contribution in [2.75, 3.05) is 13.1 Å². The number of hydrogen-bond acceptors (Lipinski definition) is 5. The number of aliphatic hydroxyl groups is 1. The Morgan fingerprint density at radius 3 is 2.44 bits per heavy atom. The number of rotatable bonds is 14. The second-order valence-corrected chi connectivity index (χ2v) is 11.4. The van der Waals surface area contributed by atoms with Gasteiger partial charge < -0.3 is 25.7 Å². The first-order valence-electron chi connectivity index (χ1n) is 13.0. The smallest absolute Gasteiger partial charge is 0.267 e. The molecular weight excluding hydrogens is 650 g/mol. The molecular formula is C30H37F3IN3O4. The van der Waals surface area contributed by atoms with Crippen molar-refractivity contribution in [2.45, 2.75) is 56.2 Å². The first kappa shape index (κ1) is 34.1. The second kappa shape index (κ2) is 14.7. The molecule has 2 amide bonds. The van der Waals surface area contributed by atoms with Crippen LogP contribution in [0.1, 0.15) is 40.9 Å². The number of nitrogens with zero attached hydrogens (tertiary/aromatic N) is 1. The largest absolute Gasteiger partial charge is 0.508 e. The van der Waals surface area contributed by atoms with Gasteiger partial charge in [0.25, 0.3) is 17.7 Å². The van der Waals surface area contributed by atoms with E-state index >= 15 is 0 Å². The Kier molecular flexibility index (Phi) is 12.3. The van der Waals surface area contributed by atoms with E-state index < -0.39 is 52.2 Å². The zero-order valence-corrected chi connectivity index (χ0v) is 25.7. The molecule has 0 saturated heterocycles. The van der Waals surface area contributed by atoms with Crippen LogP contribution in [0.4, 0.5) is 13.2 Å². The Bertz CT molecular complexity index is 1270. The summed E-state index contributed by atoms with van der Waals surface area (Å²) in [6.07, 6.45) is -0.315. The van der Waals surface area contributed by atoms with Crippen LogP contribution in [0.3, 0.4) is 0 Å². The number of aryl methyl sites for hydroxylation is 1. The van der Waals surface area contributed by atoms with Crippen molar-refractivity contribution >= 4 is 34.4 Å². The number of aromatic hydroxyl groups is 1. The first-order chi connectivity index (χ1) is 19.1. The van der Waals surface area contributed by atoms with E-state index in [1.807, 2.05) is 0 Å². The summed E-state index contributed by atoms with van der Waals surface area (Å²) in [5, 5.41) is 27.0. The van der Waals surface area contributed by atoms with Crippen LogP contribution in [0.25, 0.3) is 0 Å². The third kappa shape index (κ3) is 9.22. The lowest BCUT2D eigenvalue weighted by Crippen LogP contribution is -2.54. The summed E-state index contributed by atoms with van der Waals surface area (Å²) in [5.74, 6) is -6.23. The molecule has 0 heterocycles. The maximum atomic E-state index is 15.0. The highest BCUT2D eigenvalue weighted by molar-refractivity contribution is 14.1. The van der Waals surface area contributed by atoms with Gasteiger partial charge in [0.05, 0.1) is 12.6 Å². The molecule has 3 unspecified atom stereocenters. The molecule has 2 aromatic rings. The first-order valence-corrected chi connectivity index (χ1v) is 14.2. The molecule has 0 bridgehead atoms. The molecule has 11 heteroatoms. The van der Waals surface area contributed by atoms with Crippen LogP contribution < -0.4 is 10.6 Å². The van der Waals surface area contributed by atoms with Crippen LogP contribution in [0.15, 0.2) is 61.3 Å². The van der Waals surface area contributed by atoms with Gasteiger partial charge in [0.1, 0.15) is 17.7 Å². The summed E-state index contributed by atoms with van der Waals surface area (Å²) in [4.78, 5) is 27.2. The fourth-order valence-electron chi connectivity index (χ4n) is 4.02. The molecule has 0 aliphatic heterocycles. The van der Waals surface area contributed by atoms with E-state index in [0.29, 0.717) is 16.7 Å². The van der Waals surface area contributed by atoms with Gasteiger partial charge in [0.2, 0.25) is 0 Å². The van der Waals surface area contributed by atoms with Crippen molar-refractivity contribution in [3.63, 3.8) is 0 Å². The van der Waals surface area contributed by atoms with Crippen molar-refractivity contribution in [3.05, 3.63) is 89.4 Å². The summed E-state index contributed by atoms with van der Waals surface area (Å²) in [6, 6.07) is 7.41. The summed E-state index contributed by atoms with van der Waals surface area (Å²) in [7, 11) is 0.